The van der Waals surface area contributed by atoms with Gasteiger partial charge in [-0.3, -0.25) is 0 Å². The van der Waals surface area contributed by atoms with E-state index in [1.165, 1.54) is 11.8 Å². The first-order chi connectivity index (χ1) is 9.15. The normalized spacial score (nSPS) is 10.7. The van der Waals surface area contributed by atoms with Gasteiger partial charge < -0.3 is 10.8 Å². The Morgan fingerprint density at radius 1 is 1.32 bits per heavy atom. The fourth-order valence-corrected chi connectivity index (χ4v) is 2.28. The Bertz CT molecular complexity index is 587. The van der Waals surface area contributed by atoms with Gasteiger partial charge in [-0.25, -0.2) is 9.97 Å². The Kier molecular flexibility index (Phi) is 4.39. The highest BCUT2D eigenvalue weighted by molar-refractivity contribution is 7.98. The van der Waals surface area contributed by atoms with Gasteiger partial charge in [0.25, 0.3) is 0 Å². The lowest BCUT2D eigenvalue weighted by Gasteiger charge is -2.10. The molecule has 0 unspecified atom stereocenters. The Balaban J connectivity index is 2.51. The zero-order valence-electron chi connectivity index (χ0n) is 11.1. The van der Waals surface area contributed by atoms with Gasteiger partial charge in [0.15, 0.2) is 5.16 Å². The summed E-state index contributed by atoms with van der Waals surface area (Å²) in [7, 11) is 0. The molecule has 0 atom stereocenters. The van der Waals surface area contributed by atoms with Gasteiger partial charge in [0.05, 0.1) is 17.1 Å². The summed E-state index contributed by atoms with van der Waals surface area (Å²) in [5.41, 5.74) is 10.3. The highest BCUT2D eigenvalue weighted by Gasteiger charge is 2.11. The van der Waals surface area contributed by atoms with Crippen molar-refractivity contribution in [3.8, 4) is 11.3 Å². The number of anilines is 1. The van der Waals surface area contributed by atoms with Crippen molar-refractivity contribution >= 4 is 17.4 Å². The average Bonchev–Trinajstić information content (AvgIpc) is 2.42. The monoisotopic (exact) mass is 275 g/mol. The van der Waals surface area contributed by atoms with Crippen LogP contribution in [-0.4, -0.2) is 27.9 Å². The lowest BCUT2D eigenvalue weighted by Crippen LogP contribution is -2.02. The number of aliphatic hydroxyl groups is 1. The molecule has 0 aliphatic heterocycles. The van der Waals surface area contributed by atoms with Crippen LogP contribution in [0.15, 0.2) is 29.4 Å². The molecular weight excluding hydrogens is 258 g/mol. The van der Waals surface area contributed by atoms with Crippen LogP contribution in [0.5, 0.6) is 0 Å². The van der Waals surface area contributed by atoms with E-state index in [0.29, 0.717) is 17.3 Å². The molecule has 1 aromatic carbocycles. The predicted octanol–water partition coefficient (Wildman–Crippen LogP) is 2.29. The van der Waals surface area contributed by atoms with E-state index in [1.807, 2.05) is 37.4 Å². The molecule has 0 aliphatic carbocycles. The van der Waals surface area contributed by atoms with Crippen molar-refractivity contribution in [2.45, 2.75) is 18.5 Å². The first-order valence-corrected chi connectivity index (χ1v) is 7.26. The molecule has 0 saturated carbocycles. The quantitative estimate of drug-likeness (QED) is 0.661. The third-order valence-corrected chi connectivity index (χ3v) is 3.45. The third kappa shape index (κ3) is 3.05. The van der Waals surface area contributed by atoms with Gasteiger partial charge in [-0.05, 0) is 31.2 Å². The van der Waals surface area contributed by atoms with E-state index in [-0.39, 0.29) is 6.61 Å². The summed E-state index contributed by atoms with van der Waals surface area (Å²) in [4.78, 5) is 8.81. The number of aryl methyl sites for hydroxylation is 1. The number of rotatable bonds is 4. The van der Waals surface area contributed by atoms with E-state index < -0.39 is 0 Å². The zero-order valence-corrected chi connectivity index (χ0v) is 11.9. The second-order valence-corrected chi connectivity index (χ2v) is 5.01. The maximum Gasteiger partial charge on any atom is 0.188 e. The Hall–Kier alpha value is -1.59. The van der Waals surface area contributed by atoms with Crippen LogP contribution in [0.4, 0.5) is 5.69 Å². The van der Waals surface area contributed by atoms with E-state index >= 15 is 0 Å². The van der Waals surface area contributed by atoms with Crippen molar-refractivity contribution in [3.63, 3.8) is 0 Å². The molecule has 3 N–H and O–H groups in total. The van der Waals surface area contributed by atoms with Crippen LogP contribution in [-0.2, 0) is 6.42 Å². The number of nitrogen functional groups attached to an aromatic ring is 1. The van der Waals surface area contributed by atoms with Crippen molar-refractivity contribution in [1.82, 2.24) is 9.97 Å². The van der Waals surface area contributed by atoms with Crippen LogP contribution in [0.25, 0.3) is 11.3 Å². The van der Waals surface area contributed by atoms with Crippen molar-refractivity contribution < 1.29 is 5.11 Å². The molecule has 2 rings (SSSR count). The molecule has 0 fully saturated rings. The van der Waals surface area contributed by atoms with Gasteiger partial charge >= 0.3 is 0 Å². The second kappa shape index (κ2) is 6.04. The molecule has 4 nitrogen and oxygen atoms in total. The molecule has 0 amide bonds. The molecule has 0 bridgehead atoms. The van der Waals surface area contributed by atoms with E-state index in [2.05, 4.69) is 9.97 Å². The fraction of sp³-hybridized carbons (Fsp3) is 0.286. The van der Waals surface area contributed by atoms with Gasteiger partial charge in [-0.2, -0.15) is 0 Å². The van der Waals surface area contributed by atoms with Crippen LogP contribution in [0.2, 0.25) is 0 Å². The topological polar surface area (TPSA) is 72.0 Å². The van der Waals surface area contributed by atoms with Crippen molar-refractivity contribution in [2.24, 2.45) is 0 Å². The van der Waals surface area contributed by atoms with Gasteiger partial charge in [0, 0.05) is 12.2 Å². The molecular formula is C14H17N3OS. The molecule has 19 heavy (non-hydrogen) atoms. The Morgan fingerprint density at radius 3 is 2.79 bits per heavy atom. The van der Waals surface area contributed by atoms with Gasteiger partial charge in [-0.15, -0.1) is 0 Å². The third-order valence-electron chi connectivity index (χ3n) is 2.90. The zero-order chi connectivity index (χ0) is 13.8. The Labute approximate surface area is 117 Å². The maximum atomic E-state index is 9.01. The largest absolute Gasteiger partial charge is 0.396 e. The maximum absolute atomic E-state index is 9.01. The van der Waals surface area contributed by atoms with E-state index in [9.17, 15) is 0 Å². The molecule has 1 aromatic heterocycles. The summed E-state index contributed by atoms with van der Waals surface area (Å²) < 4.78 is 0. The number of benzene rings is 1. The molecule has 100 valence electrons. The molecule has 0 aliphatic rings. The van der Waals surface area contributed by atoms with E-state index in [4.69, 9.17) is 10.8 Å². The lowest BCUT2D eigenvalue weighted by molar-refractivity contribution is 0.299. The molecule has 2 aromatic rings. The van der Waals surface area contributed by atoms with E-state index in [1.54, 1.807) is 0 Å². The van der Waals surface area contributed by atoms with Crippen molar-refractivity contribution in [3.05, 3.63) is 35.5 Å². The van der Waals surface area contributed by atoms with Crippen LogP contribution in [0.1, 0.15) is 11.3 Å². The smallest absolute Gasteiger partial charge is 0.188 e. The molecule has 5 heteroatoms. The summed E-state index contributed by atoms with van der Waals surface area (Å²) in [6.07, 6.45) is 2.57. The second-order valence-electron chi connectivity index (χ2n) is 4.23. The first-order valence-electron chi connectivity index (χ1n) is 6.04. The number of hydrogen-bond acceptors (Lipinski definition) is 5. The van der Waals surface area contributed by atoms with Gasteiger partial charge in [0.1, 0.15) is 0 Å². The molecule has 0 radical (unpaired) electrons. The fourth-order valence-electron chi connectivity index (χ4n) is 1.87. The highest BCUT2D eigenvalue weighted by atomic mass is 32.2. The lowest BCUT2D eigenvalue weighted by atomic mass is 10.0. The highest BCUT2D eigenvalue weighted by Crippen LogP contribution is 2.28. The summed E-state index contributed by atoms with van der Waals surface area (Å²) >= 11 is 1.50. The summed E-state index contributed by atoms with van der Waals surface area (Å²) in [6, 6.07) is 7.93. The number of thioether (sulfide) groups is 1. The minimum atomic E-state index is 0.137. The van der Waals surface area contributed by atoms with Crippen molar-refractivity contribution in [2.75, 3.05) is 18.6 Å². The standard InChI is InChI=1S/C14H17N3OS/c1-9-12(15)13(17-14(16-9)19-2)11-5-3-4-10(8-11)6-7-18/h3-5,8,18H,6-7,15H2,1-2H3. The van der Waals surface area contributed by atoms with Crippen LogP contribution in [0, 0.1) is 6.92 Å². The Morgan fingerprint density at radius 2 is 2.11 bits per heavy atom. The molecule has 1 heterocycles. The number of hydrogen-bond donors (Lipinski definition) is 2. The number of aromatic nitrogens is 2. The average molecular weight is 275 g/mol. The summed E-state index contributed by atoms with van der Waals surface area (Å²) in [6.45, 7) is 2.02. The molecule has 0 saturated heterocycles. The van der Waals surface area contributed by atoms with Crippen LogP contribution in [0.3, 0.4) is 0 Å². The first kappa shape index (κ1) is 13.8. The number of nitrogens with zero attached hydrogens (tertiary/aromatic N) is 2. The SMILES string of the molecule is CSc1nc(C)c(N)c(-c2cccc(CCO)c2)n1. The summed E-state index contributed by atoms with van der Waals surface area (Å²) in [5.74, 6) is 0. The summed E-state index contributed by atoms with van der Waals surface area (Å²) in [5, 5.41) is 9.73. The van der Waals surface area contributed by atoms with Crippen LogP contribution >= 0.6 is 11.8 Å². The van der Waals surface area contributed by atoms with Gasteiger partial charge in [-0.1, -0.05) is 30.0 Å². The minimum Gasteiger partial charge on any atom is -0.396 e. The van der Waals surface area contributed by atoms with E-state index in [0.717, 1.165) is 22.5 Å². The van der Waals surface area contributed by atoms with Crippen molar-refractivity contribution in [1.29, 1.82) is 0 Å². The molecule has 0 spiro atoms. The minimum absolute atomic E-state index is 0.137. The van der Waals surface area contributed by atoms with Crippen LogP contribution < -0.4 is 5.73 Å². The number of nitrogens with two attached hydrogens (primary N) is 1. The number of aliphatic hydroxyl groups excluding tert-OH is 1. The van der Waals surface area contributed by atoms with Gasteiger partial charge in [0.2, 0.25) is 0 Å². The predicted molar refractivity (Wildman–Crippen MR) is 79.2 cm³/mol.